The number of ether oxygens (including phenoxy) is 1. The van der Waals surface area contributed by atoms with Crippen molar-refractivity contribution in [1.29, 1.82) is 0 Å². The van der Waals surface area contributed by atoms with Gasteiger partial charge in [0.1, 0.15) is 5.75 Å². The van der Waals surface area contributed by atoms with Gasteiger partial charge in [-0.15, -0.1) is 0 Å². The number of non-ortho nitro benzene ring substituents is 1. The Morgan fingerprint density at radius 3 is 2.65 bits per heavy atom. The summed E-state index contributed by atoms with van der Waals surface area (Å²) >= 11 is 0. The van der Waals surface area contributed by atoms with Crippen LogP contribution in [0.3, 0.4) is 0 Å². The molecule has 0 N–H and O–H groups in total. The predicted molar refractivity (Wildman–Crippen MR) is 85.5 cm³/mol. The van der Waals surface area contributed by atoms with Crippen LogP contribution in [0.1, 0.15) is 36.3 Å². The fraction of sp³-hybridized carbons (Fsp3) is 0.278. The van der Waals surface area contributed by atoms with E-state index < -0.39 is 4.92 Å². The third-order valence-electron chi connectivity index (χ3n) is 4.23. The Balaban J connectivity index is 1.53. The van der Waals surface area contributed by atoms with Crippen LogP contribution in [0.15, 0.2) is 48.5 Å². The average molecular weight is 311 g/mol. The highest BCUT2D eigenvalue weighted by Gasteiger charge is 2.22. The van der Waals surface area contributed by atoms with Gasteiger partial charge in [0.2, 0.25) is 0 Å². The maximum atomic E-state index is 11.9. The van der Waals surface area contributed by atoms with Crippen LogP contribution in [-0.2, 0) is 11.2 Å². The molecule has 1 aliphatic carbocycles. The van der Waals surface area contributed by atoms with Gasteiger partial charge in [0.25, 0.3) is 5.69 Å². The first kappa shape index (κ1) is 15.2. The van der Waals surface area contributed by atoms with Crippen LogP contribution in [0.5, 0.6) is 5.75 Å². The fourth-order valence-corrected chi connectivity index (χ4v) is 3.06. The number of rotatable bonds is 5. The molecule has 0 aliphatic heterocycles. The molecule has 0 amide bonds. The summed E-state index contributed by atoms with van der Waals surface area (Å²) in [5, 5.41) is 10.6. The summed E-state index contributed by atoms with van der Waals surface area (Å²) in [6.07, 6.45) is 3.25. The van der Waals surface area contributed by atoms with Crippen molar-refractivity contribution in [1.82, 2.24) is 0 Å². The molecular formula is C18H17NO4. The lowest BCUT2D eigenvalue weighted by Crippen LogP contribution is -2.09. The van der Waals surface area contributed by atoms with Crippen LogP contribution in [0.2, 0.25) is 0 Å². The zero-order valence-corrected chi connectivity index (χ0v) is 12.6. The smallest absolute Gasteiger partial charge is 0.311 e. The second-order valence-corrected chi connectivity index (χ2v) is 5.70. The third-order valence-corrected chi connectivity index (χ3v) is 4.23. The second kappa shape index (κ2) is 6.60. The lowest BCUT2D eigenvalue weighted by atomic mass is 9.96. The van der Waals surface area contributed by atoms with Crippen LogP contribution < -0.4 is 4.74 Å². The molecule has 0 unspecified atom stereocenters. The Hall–Kier alpha value is -2.69. The van der Waals surface area contributed by atoms with E-state index in [-0.39, 0.29) is 11.7 Å². The minimum absolute atomic E-state index is 0.0210. The number of carbonyl (C=O) groups is 1. The average Bonchev–Trinajstić information content (AvgIpc) is 2.97. The second-order valence-electron chi connectivity index (χ2n) is 5.70. The first-order chi connectivity index (χ1) is 11.1. The minimum atomic E-state index is -0.483. The molecule has 118 valence electrons. The maximum Gasteiger partial charge on any atom is 0.311 e. The summed E-state index contributed by atoms with van der Waals surface area (Å²) in [5.41, 5.74) is 2.70. The zero-order valence-electron chi connectivity index (χ0n) is 12.6. The van der Waals surface area contributed by atoms with Gasteiger partial charge in [-0.1, -0.05) is 24.3 Å². The van der Waals surface area contributed by atoms with Crippen molar-refractivity contribution in [3.63, 3.8) is 0 Å². The normalized spacial score (nSPS) is 15.9. The molecular weight excluding hydrogens is 294 g/mol. The molecule has 0 saturated heterocycles. The lowest BCUT2D eigenvalue weighted by molar-refractivity contribution is -0.384. The van der Waals surface area contributed by atoms with E-state index >= 15 is 0 Å². The number of esters is 1. The number of hydrogen-bond donors (Lipinski definition) is 0. The van der Waals surface area contributed by atoms with Gasteiger partial charge in [-0.05, 0) is 48.4 Å². The number of fused-ring (bicyclic) bond motifs is 1. The lowest BCUT2D eigenvalue weighted by Gasteiger charge is -2.11. The van der Waals surface area contributed by atoms with Gasteiger partial charge in [-0.25, -0.2) is 0 Å². The highest BCUT2D eigenvalue weighted by molar-refractivity contribution is 5.72. The van der Waals surface area contributed by atoms with E-state index in [4.69, 9.17) is 4.74 Å². The molecule has 0 fully saturated rings. The van der Waals surface area contributed by atoms with E-state index in [2.05, 4.69) is 12.1 Å². The molecule has 1 atom stereocenters. The number of hydrogen-bond acceptors (Lipinski definition) is 4. The third kappa shape index (κ3) is 3.56. The van der Waals surface area contributed by atoms with Gasteiger partial charge in [-0.2, -0.15) is 0 Å². The molecule has 0 radical (unpaired) electrons. The molecule has 2 aromatic carbocycles. The quantitative estimate of drug-likeness (QED) is 0.362. The number of nitrogens with zero attached hydrogens (tertiary/aromatic N) is 1. The van der Waals surface area contributed by atoms with Crippen molar-refractivity contribution in [2.45, 2.75) is 31.6 Å². The van der Waals surface area contributed by atoms with Crippen LogP contribution in [0.4, 0.5) is 5.69 Å². The predicted octanol–water partition coefficient (Wildman–Crippen LogP) is 4.01. The van der Waals surface area contributed by atoms with E-state index in [9.17, 15) is 14.9 Å². The molecule has 5 nitrogen and oxygen atoms in total. The van der Waals surface area contributed by atoms with Crippen LogP contribution in [-0.4, -0.2) is 10.9 Å². The molecule has 1 aliphatic rings. The summed E-state index contributed by atoms with van der Waals surface area (Å²) in [7, 11) is 0. The monoisotopic (exact) mass is 311 g/mol. The largest absolute Gasteiger partial charge is 0.427 e. The van der Waals surface area contributed by atoms with Crippen molar-refractivity contribution in [3.8, 4) is 5.75 Å². The number of benzene rings is 2. The maximum absolute atomic E-state index is 11.9. The minimum Gasteiger partial charge on any atom is -0.427 e. The van der Waals surface area contributed by atoms with E-state index in [0.29, 0.717) is 18.1 Å². The van der Waals surface area contributed by atoms with Crippen LogP contribution in [0, 0.1) is 10.1 Å². The van der Waals surface area contributed by atoms with Gasteiger partial charge >= 0.3 is 5.97 Å². The Morgan fingerprint density at radius 2 is 1.91 bits per heavy atom. The topological polar surface area (TPSA) is 69.4 Å². The van der Waals surface area contributed by atoms with E-state index in [1.165, 1.54) is 35.4 Å². The van der Waals surface area contributed by atoms with Gasteiger partial charge in [0.05, 0.1) is 4.92 Å². The molecule has 0 heterocycles. The highest BCUT2D eigenvalue weighted by Crippen LogP contribution is 2.36. The Labute approximate surface area is 134 Å². The Bertz CT molecular complexity index is 724. The molecule has 5 heteroatoms. The molecule has 0 bridgehead atoms. The number of carbonyl (C=O) groups excluding carboxylic acids is 1. The molecule has 0 spiro atoms. The van der Waals surface area contributed by atoms with Crippen molar-refractivity contribution in [2.24, 2.45) is 0 Å². The molecule has 0 saturated carbocycles. The first-order valence-corrected chi connectivity index (χ1v) is 7.66. The highest BCUT2D eigenvalue weighted by atomic mass is 16.6. The summed E-state index contributed by atoms with van der Waals surface area (Å²) in [6.45, 7) is 0. The summed E-state index contributed by atoms with van der Waals surface area (Å²) in [5.74, 6) is 0.450. The van der Waals surface area contributed by atoms with Gasteiger partial charge in [-0.3, -0.25) is 14.9 Å². The van der Waals surface area contributed by atoms with Gasteiger partial charge in [0, 0.05) is 18.6 Å². The van der Waals surface area contributed by atoms with Crippen molar-refractivity contribution >= 4 is 11.7 Å². The van der Waals surface area contributed by atoms with Crippen molar-refractivity contribution in [2.75, 3.05) is 0 Å². The van der Waals surface area contributed by atoms with Gasteiger partial charge < -0.3 is 4.74 Å². The van der Waals surface area contributed by atoms with E-state index in [1.54, 1.807) is 0 Å². The Morgan fingerprint density at radius 1 is 1.17 bits per heavy atom. The van der Waals surface area contributed by atoms with Crippen molar-refractivity contribution < 1.29 is 14.5 Å². The molecule has 0 aromatic heterocycles. The Kier molecular flexibility index (Phi) is 4.37. The SMILES string of the molecule is O=C(CC[C@H]1CCc2ccccc21)Oc1ccc([N+](=O)[O-])cc1. The molecule has 3 rings (SSSR count). The number of aryl methyl sites for hydroxylation is 1. The molecule has 2 aromatic rings. The zero-order chi connectivity index (χ0) is 16.2. The van der Waals surface area contributed by atoms with Crippen LogP contribution >= 0.6 is 0 Å². The molecule has 23 heavy (non-hydrogen) atoms. The van der Waals surface area contributed by atoms with E-state index in [0.717, 1.165) is 19.3 Å². The summed E-state index contributed by atoms with van der Waals surface area (Å²) < 4.78 is 5.24. The van der Waals surface area contributed by atoms with E-state index in [1.807, 2.05) is 12.1 Å². The first-order valence-electron chi connectivity index (χ1n) is 7.66. The van der Waals surface area contributed by atoms with Gasteiger partial charge in [0.15, 0.2) is 0 Å². The summed E-state index contributed by atoms with van der Waals surface area (Å²) in [6, 6.07) is 13.9. The fourth-order valence-electron chi connectivity index (χ4n) is 3.06. The van der Waals surface area contributed by atoms with Crippen LogP contribution in [0.25, 0.3) is 0 Å². The van der Waals surface area contributed by atoms with Crippen molar-refractivity contribution in [3.05, 3.63) is 69.8 Å². The summed E-state index contributed by atoms with van der Waals surface area (Å²) in [4.78, 5) is 22.0. The number of nitro benzene ring substituents is 1. The standard InChI is InChI=1S/C18H17NO4/c20-18(23-16-10-8-15(9-11-16)19(21)22)12-7-14-6-5-13-3-1-2-4-17(13)14/h1-4,8-11,14H,5-7,12H2/t14-/m1/s1. The number of nitro groups is 1.